The van der Waals surface area contributed by atoms with Crippen molar-refractivity contribution in [3.05, 3.63) is 10.7 Å². The van der Waals surface area contributed by atoms with Gasteiger partial charge in [0, 0.05) is 13.1 Å². The van der Waals surface area contributed by atoms with E-state index in [9.17, 15) is 8.42 Å². The van der Waals surface area contributed by atoms with Crippen LogP contribution in [0.25, 0.3) is 0 Å². The second-order valence-corrected chi connectivity index (χ2v) is 7.00. The van der Waals surface area contributed by atoms with Gasteiger partial charge in [0.25, 0.3) is 10.0 Å². The largest absolute Gasteiger partial charge is 0.254 e. The SMILES string of the molecule is CC(CC#N)N(C)S(=O)(=O)c1cnc(Cl)s1. The summed E-state index contributed by atoms with van der Waals surface area (Å²) >= 11 is 6.48. The van der Waals surface area contributed by atoms with Crippen molar-refractivity contribution in [2.45, 2.75) is 23.6 Å². The van der Waals surface area contributed by atoms with Crippen molar-refractivity contribution < 1.29 is 8.42 Å². The summed E-state index contributed by atoms with van der Waals surface area (Å²) in [7, 11) is -2.15. The summed E-state index contributed by atoms with van der Waals surface area (Å²) in [6.45, 7) is 1.67. The maximum Gasteiger partial charge on any atom is 0.254 e. The van der Waals surface area contributed by atoms with Gasteiger partial charge < -0.3 is 0 Å². The summed E-state index contributed by atoms with van der Waals surface area (Å²) in [6.07, 6.45) is 1.36. The van der Waals surface area contributed by atoms with E-state index in [4.69, 9.17) is 16.9 Å². The smallest absolute Gasteiger partial charge is 0.232 e. The van der Waals surface area contributed by atoms with E-state index < -0.39 is 10.0 Å². The van der Waals surface area contributed by atoms with E-state index in [2.05, 4.69) is 4.98 Å². The van der Waals surface area contributed by atoms with Gasteiger partial charge in [0.2, 0.25) is 0 Å². The summed E-state index contributed by atoms with van der Waals surface area (Å²) in [5, 5.41) is 8.52. The minimum Gasteiger partial charge on any atom is -0.232 e. The van der Waals surface area contributed by atoms with Crippen LogP contribution in [-0.2, 0) is 10.0 Å². The normalized spacial score (nSPS) is 13.7. The Kier molecular flexibility index (Phi) is 4.27. The molecule has 0 saturated carbocycles. The molecule has 0 aliphatic heterocycles. The fraction of sp³-hybridized carbons (Fsp3) is 0.500. The average molecular weight is 280 g/mol. The molecule has 88 valence electrons. The molecule has 8 heteroatoms. The molecule has 0 bridgehead atoms. The monoisotopic (exact) mass is 279 g/mol. The number of hydrogen-bond donors (Lipinski definition) is 0. The molecule has 0 saturated heterocycles. The summed E-state index contributed by atoms with van der Waals surface area (Å²) in [6, 6.07) is 1.55. The fourth-order valence-electron chi connectivity index (χ4n) is 0.998. The number of aromatic nitrogens is 1. The van der Waals surface area contributed by atoms with Gasteiger partial charge in [-0.3, -0.25) is 0 Å². The lowest BCUT2D eigenvalue weighted by Gasteiger charge is -2.20. The summed E-state index contributed by atoms with van der Waals surface area (Å²) in [5.74, 6) is 0. The topological polar surface area (TPSA) is 74.1 Å². The quantitative estimate of drug-likeness (QED) is 0.841. The van der Waals surface area contributed by atoms with Gasteiger partial charge in [-0.1, -0.05) is 22.9 Å². The number of thiazole rings is 1. The Morgan fingerprint density at radius 1 is 1.75 bits per heavy atom. The fourth-order valence-corrected chi connectivity index (χ4v) is 3.84. The number of halogens is 1. The van der Waals surface area contributed by atoms with Gasteiger partial charge in [0.15, 0.2) is 8.68 Å². The van der Waals surface area contributed by atoms with Crippen LogP contribution in [0.2, 0.25) is 4.47 Å². The molecule has 1 aromatic heterocycles. The first-order chi connectivity index (χ1) is 7.39. The Morgan fingerprint density at radius 3 is 2.81 bits per heavy atom. The zero-order valence-corrected chi connectivity index (χ0v) is 11.1. The van der Waals surface area contributed by atoms with E-state index in [0.29, 0.717) is 0 Å². The van der Waals surface area contributed by atoms with Gasteiger partial charge in [0.05, 0.1) is 18.7 Å². The van der Waals surface area contributed by atoms with E-state index in [1.165, 1.54) is 13.2 Å². The molecule has 0 aliphatic carbocycles. The van der Waals surface area contributed by atoms with Crippen LogP contribution in [0.3, 0.4) is 0 Å². The van der Waals surface area contributed by atoms with Crippen molar-refractivity contribution in [1.82, 2.24) is 9.29 Å². The molecule has 1 atom stereocenters. The first kappa shape index (κ1) is 13.4. The molecular formula is C8H10ClN3O2S2. The summed E-state index contributed by atoms with van der Waals surface area (Å²) in [4.78, 5) is 3.68. The Balaban J connectivity index is 2.99. The molecule has 0 radical (unpaired) electrons. The average Bonchev–Trinajstić information content (AvgIpc) is 2.64. The summed E-state index contributed by atoms with van der Waals surface area (Å²) < 4.78 is 25.4. The standard InChI is InChI=1S/C8H10ClN3O2S2/c1-6(3-4-10)12(2)16(13,14)7-5-11-8(9)15-7/h5-6H,3H2,1-2H3. The van der Waals surface area contributed by atoms with E-state index in [1.807, 2.05) is 6.07 Å². The lowest BCUT2D eigenvalue weighted by molar-refractivity contribution is 0.394. The zero-order valence-electron chi connectivity index (χ0n) is 8.71. The van der Waals surface area contributed by atoms with Gasteiger partial charge in [-0.2, -0.15) is 9.57 Å². The molecular weight excluding hydrogens is 270 g/mol. The molecule has 0 fully saturated rings. The van der Waals surface area contributed by atoms with Crippen molar-refractivity contribution in [3.8, 4) is 6.07 Å². The predicted octanol–water partition coefficient (Wildman–Crippen LogP) is 1.72. The highest BCUT2D eigenvalue weighted by atomic mass is 35.5. The molecule has 0 aliphatic rings. The third kappa shape index (κ3) is 2.71. The van der Waals surface area contributed by atoms with Crippen molar-refractivity contribution >= 4 is 33.0 Å². The molecule has 1 aromatic rings. The first-order valence-corrected chi connectivity index (χ1v) is 6.99. The van der Waals surface area contributed by atoms with Crippen LogP contribution >= 0.6 is 22.9 Å². The van der Waals surface area contributed by atoms with Crippen molar-refractivity contribution in [3.63, 3.8) is 0 Å². The van der Waals surface area contributed by atoms with E-state index in [1.54, 1.807) is 6.92 Å². The van der Waals surface area contributed by atoms with E-state index in [-0.39, 0.29) is 21.1 Å². The molecule has 5 nitrogen and oxygen atoms in total. The Hall–Kier alpha value is -0.680. The van der Waals surface area contributed by atoms with Crippen LogP contribution < -0.4 is 0 Å². The predicted molar refractivity (Wildman–Crippen MR) is 61.8 cm³/mol. The molecule has 0 amide bonds. The van der Waals surface area contributed by atoms with Gasteiger partial charge in [-0.25, -0.2) is 13.4 Å². The van der Waals surface area contributed by atoms with Crippen LogP contribution in [-0.4, -0.2) is 30.8 Å². The molecule has 1 rings (SSSR count). The zero-order chi connectivity index (χ0) is 12.3. The molecule has 0 spiro atoms. The first-order valence-electron chi connectivity index (χ1n) is 4.36. The van der Waals surface area contributed by atoms with Crippen LogP contribution in [0, 0.1) is 11.3 Å². The highest BCUT2D eigenvalue weighted by molar-refractivity contribution is 7.91. The van der Waals surface area contributed by atoms with Gasteiger partial charge >= 0.3 is 0 Å². The van der Waals surface area contributed by atoms with Gasteiger partial charge in [0.1, 0.15) is 0 Å². The number of nitrogens with zero attached hydrogens (tertiary/aromatic N) is 3. The Morgan fingerprint density at radius 2 is 2.38 bits per heavy atom. The molecule has 1 heterocycles. The third-order valence-corrected chi connectivity index (χ3v) is 5.62. The van der Waals surface area contributed by atoms with Crippen LogP contribution in [0.1, 0.15) is 13.3 Å². The molecule has 16 heavy (non-hydrogen) atoms. The molecule has 1 unspecified atom stereocenters. The number of nitriles is 1. The Labute approximate surface area is 103 Å². The third-order valence-electron chi connectivity index (χ3n) is 2.10. The second kappa shape index (κ2) is 5.10. The van der Waals surface area contributed by atoms with E-state index >= 15 is 0 Å². The van der Waals surface area contributed by atoms with Crippen LogP contribution in [0.15, 0.2) is 10.4 Å². The van der Waals surface area contributed by atoms with Crippen molar-refractivity contribution in [2.24, 2.45) is 0 Å². The van der Waals surface area contributed by atoms with Gasteiger partial charge in [-0.15, -0.1) is 0 Å². The Bertz CT molecular complexity index is 506. The second-order valence-electron chi connectivity index (χ2n) is 3.16. The lowest BCUT2D eigenvalue weighted by atomic mass is 10.3. The highest BCUT2D eigenvalue weighted by Gasteiger charge is 2.27. The minimum absolute atomic E-state index is 0.0878. The summed E-state index contributed by atoms with van der Waals surface area (Å²) in [5.41, 5.74) is 0. The van der Waals surface area contributed by atoms with Crippen molar-refractivity contribution in [2.75, 3.05) is 7.05 Å². The molecule has 0 N–H and O–H groups in total. The minimum atomic E-state index is -3.59. The van der Waals surface area contributed by atoms with Crippen molar-refractivity contribution in [1.29, 1.82) is 5.26 Å². The maximum atomic E-state index is 12.0. The van der Waals surface area contributed by atoms with Gasteiger partial charge in [-0.05, 0) is 6.92 Å². The van der Waals surface area contributed by atoms with Crippen LogP contribution in [0.4, 0.5) is 0 Å². The number of hydrogen-bond acceptors (Lipinski definition) is 5. The number of sulfonamides is 1. The number of rotatable bonds is 4. The molecule has 0 aromatic carbocycles. The maximum absolute atomic E-state index is 12.0. The van der Waals surface area contributed by atoms with Crippen LogP contribution in [0.5, 0.6) is 0 Å². The lowest BCUT2D eigenvalue weighted by Crippen LogP contribution is -2.34. The van der Waals surface area contributed by atoms with E-state index in [0.717, 1.165) is 15.6 Å². The highest BCUT2D eigenvalue weighted by Crippen LogP contribution is 2.26.